The highest BCUT2D eigenvalue weighted by Gasteiger charge is 2.27. The van der Waals surface area contributed by atoms with Crippen LogP contribution in [-0.4, -0.2) is 33.7 Å². The van der Waals surface area contributed by atoms with Crippen molar-refractivity contribution in [3.8, 4) is 6.07 Å². The first-order valence-corrected chi connectivity index (χ1v) is 8.04. The van der Waals surface area contributed by atoms with Gasteiger partial charge in [-0.2, -0.15) is 10.4 Å². The van der Waals surface area contributed by atoms with Crippen LogP contribution in [0.1, 0.15) is 48.1 Å². The monoisotopic (exact) mass is 329 g/mol. The number of ether oxygens (including phenoxy) is 1. The van der Waals surface area contributed by atoms with Gasteiger partial charge >= 0.3 is 0 Å². The number of benzene rings is 1. The maximum Gasteiger partial charge on any atom is 0.167 e. The summed E-state index contributed by atoms with van der Waals surface area (Å²) in [5, 5.41) is 16.1. The molecule has 2 heterocycles. The molecule has 0 aliphatic carbocycles. The standard InChI is InChI=1S/C17H20FN5O/c1-24-11-16-20-17(22-21-16)15-4-2-3-7-23(15)10-12-5-6-13(9-19)14(18)8-12/h5-6,8,15H,2-4,7,10-11H2,1H3,(H,20,21,22). The normalized spacial score (nSPS) is 18.5. The molecule has 1 aromatic carbocycles. The first-order chi connectivity index (χ1) is 11.7. The Balaban J connectivity index is 1.77. The molecule has 1 fully saturated rings. The zero-order valence-corrected chi connectivity index (χ0v) is 13.6. The maximum atomic E-state index is 13.8. The number of nitriles is 1. The third-order valence-corrected chi connectivity index (χ3v) is 4.28. The highest BCUT2D eigenvalue weighted by atomic mass is 19.1. The average Bonchev–Trinajstić information content (AvgIpc) is 3.04. The van der Waals surface area contributed by atoms with Crippen LogP contribution in [-0.2, 0) is 17.9 Å². The maximum absolute atomic E-state index is 13.8. The van der Waals surface area contributed by atoms with Crippen molar-refractivity contribution >= 4 is 0 Å². The molecule has 1 aliphatic heterocycles. The molecular weight excluding hydrogens is 309 g/mol. The van der Waals surface area contributed by atoms with Crippen LogP contribution in [0.3, 0.4) is 0 Å². The van der Waals surface area contributed by atoms with E-state index in [2.05, 4.69) is 20.1 Å². The van der Waals surface area contributed by atoms with Gasteiger partial charge in [0.05, 0.1) is 11.6 Å². The highest BCUT2D eigenvalue weighted by molar-refractivity contribution is 5.33. The first kappa shape index (κ1) is 16.6. The Kier molecular flexibility index (Phi) is 5.18. The lowest BCUT2D eigenvalue weighted by atomic mass is 10.0. The van der Waals surface area contributed by atoms with Crippen LogP contribution in [0.25, 0.3) is 0 Å². The summed E-state index contributed by atoms with van der Waals surface area (Å²) in [6.45, 7) is 1.93. The van der Waals surface area contributed by atoms with Crippen LogP contribution in [0.4, 0.5) is 4.39 Å². The van der Waals surface area contributed by atoms with Crippen molar-refractivity contribution < 1.29 is 9.13 Å². The molecule has 1 atom stereocenters. The summed E-state index contributed by atoms with van der Waals surface area (Å²) in [5.41, 5.74) is 0.929. The van der Waals surface area contributed by atoms with E-state index in [-0.39, 0.29) is 11.6 Å². The van der Waals surface area contributed by atoms with Crippen molar-refractivity contribution in [1.82, 2.24) is 20.1 Å². The van der Waals surface area contributed by atoms with Crippen LogP contribution < -0.4 is 0 Å². The Labute approximate surface area is 140 Å². The van der Waals surface area contributed by atoms with E-state index in [1.54, 1.807) is 7.11 Å². The Morgan fingerprint density at radius 2 is 2.33 bits per heavy atom. The minimum absolute atomic E-state index is 0.0760. The van der Waals surface area contributed by atoms with Crippen LogP contribution in [0, 0.1) is 17.1 Å². The van der Waals surface area contributed by atoms with E-state index in [0.29, 0.717) is 19.0 Å². The van der Waals surface area contributed by atoms with Gasteiger partial charge in [0.15, 0.2) is 11.6 Å². The number of halogens is 1. The minimum Gasteiger partial charge on any atom is -0.377 e. The van der Waals surface area contributed by atoms with E-state index in [1.165, 1.54) is 12.1 Å². The van der Waals surface area contributed by atoms with E-state index < -0.39 is 5.82 Å². The number of aromatic nitrogens is 3. The number of rotatable bonds is 5. The van der Waals surface area contributed by atoms with Crippen molar-refractivity contribution in [2.45, 2.75) is 38.5 Å². The largest absolute Gasteiger partial charge is 0.377 e. The average molecular weight is 329 g/mol. The van der Waals surface area contributed by atoms with E-state index in [4.69, 9.17) is 10.00 Å². The van der Waals surface area contributed by atoms with E-state index in [1.807, 2.05) is 12.1 Å². The Hall–Kier alpha value is -2.30. The fourth-order valence-corrected chi connectivity index (χ4v) is 3.12. The lowest BCUT2D eigenvalue weighted by Gasteiger charge is -2.34. The number of hydrogen-bond acceptors (Lipinski definition) is 5. The summed E-state index contributed by atoms with van der Waals surface area (Å²) in [7, 11) is 1.62. The van der Waals surface area contributed by atoms with Crippen molar-refractivity contribution in [3.63, 3.8) is 0 Å². The second-order valence-corrected chi connectivity index (χ2v) is 5.98. The lowest BCUT2D eigenvalue weighted by molar-refractivity contribution is 0.133. The number of H-pyrrole nitrogens is 1. The molecule has 6 nitrogen and oxygen atoms in total. The topological polar surface area (TPSA) is 77.8 Å². The fraction of sp³-hybridized carbons (Fsp3) is 0.471. The zero-order valence-electron chi connectivity index (χ0n) is 13.6. The third-order valence-electron chi connectivity index (χ3n) is 4.28. The van der Waals surface area contributed by atoms with Gasteiger partial charge in [0.1, 0.15) is 18.5 Å². The number of methoxy groups -OCH3 is 1. The van der Waals surface area contributed by atoms with Crippen molar-refractivity contribution in [3.05, 3.63) is 46.8 Å². The number of hydrogen-bond donors (Lipinski definition) is 1. The van der Waals surface area contributed by atoms with Crippen LogP contribution in [0.5, 0.6) is 0 Å². The summed E-state index contributed by atoms with van der Waals surface area (Å²) in [6, 6.07) is 6.75. The summed E-state index contributed by atoms with van der Waals surface area (Å²) >= 11 is 0. The predicted octanol–water partition coefficient (Wildman–Crippen LogP) is 2.69. The summed E-state index contributed by atoms with van der Waals surface area (Å²) in [6.07, 6.45) is 3.20. The summed E-state index contributed by atoms with van der Waals surface area (Å²) in [5.74, 6) is 1.00. The molecule has 0 spiro atoms. The SMILES string of the molecule is COCc1nc(C2CCCCN2Cc2ccc(C#N)c(F)c2)n[nH]1. The minimum atomic E-state index is -0.469. The van der Waals surface area contributed by atoms with Gasteiger partial charge in [0.25, 0.3) is 0 Å². The second kappa shape index (κ2) is 7.51. The molecule has 1 N–H and O–H groups in total. The van der Waals surface area contributed by atoms with Gasteiger partial charge in [0.2, 0.25) is 0 Å². The molecule has 0 radical (unpaired) electrons. The highest BCUT2D eigenvalue weighted by Crippen LogP contribution is 2.30. The summed E-state index contributed by atoms with van der Waals surface area (Å²) in [4.78, 5) is 6.78. The van der Waals surface area contributed by atoms with E-state index >= 15 is 0 Å². The number of aromatic amines is 1. The molecule has 1 aromatic heterocycles. The molecule has 1 unspecified atom stereocenters. The first-order valence-electron chi connectivity index (χ1n) is 8.04. The van der Waals surface area contributed by atoms with Crippen molar-refractivity contribution in [1.29, 1.82) is 5.26 Å². The molecule has 7 heteroatoms. The number of piperidine rings is 1. The van der Waals surface area contributed by atoms with Crippen LogP contribution >= 0.6 is 0 Å². The molecule has 0 saturated carbocycles. The van der Waals surface area contributed by atoms with Gasteiger partial charge < -0.3 is 4.74 Å². The van der Waals surface area contributed by atoms with Crippen LogP contribution in [0.2, 0.25) is 0 Å². The fourth-order valence-electron chi connectivity index (χ4n) is 3.12. The second-order valence-electron chi connectivity index (χ2n) is 5.98. The number of nitrogens with one attached hydrogen (secondary N) is 1. The van der Waals surface area contributed by atoms with E-state index in [0.717, 1.165) is 37.2 Å². The van der Waals surface area contributed by atoms with Crippen molar-refractivity contribution in [2.24, 2.45) is 0 Å². The van der Waals surface area contributed by atoms with Crippen LogP contribution in [0.15, 0.2) is 18.2 Å². The van der Waals surface area contributed by atoms with Gasteiger partial charge in [-0.3, -0.25) is 10.00 Å². The van der Waals surface area contributed by atoms with Gasteiger partial charge in [0, 0.05) is 13.7 Å². The molecule has 3 rings (SSSR count). The zero-order chi connectivity index (χ0) is 16.9. The van der Waals surface area contributed by atoms with Gasteiger partial charge in [-0.25, -0.2) is 9.37 Å². The molecule has 0 amide bonds. The van der Waals surface area contributed by atoms with Gasteiger partial charge in [-0.1, -0.05) is 12.5 Å². The Morgan fingerprint density at radius 3 is 3.08 bits per heavy atom. The molecule has 24 heavy (non-hydrogen) atoms. The Morgan fingerprint density at radius 1 is 1.46 bits per heavy atom. The van der Waals surface area contributed by atoms with Crippen molar-refractivity contribution in [2.75, 3.05) is 13.7 Å². The Bertz CT molecular complexity index is 739. The quantitative estimate of drug-likeness (QED) is 0.912. The molecule has 2 aromatic rings. The number of nitrogens with zero attached hydrogens (tertiary/aromatic N) is 4. The van der Waals surface area contributed by atoms with Gasteiger partial charge in [-0.15, -0.1) is 0 Å². The molecule has 0 bridgehead atoms. The molecule has 126 valence electrons. The molecule has 1 aliphatic rings. The smallest absolute Gasteiger partial charge is 0.167 e. The summed E-state index contributed by atoms with van der Waals surface area (Å²) < 4.78 is 18.9. The number of likely N-dealkylation sites (tertiary alicyclic amines) is 1. The third kappa shape index (κ3) is 3.61. The predicted molar refractivity (Wildman–Crippen MR) is 85.2 cm³/mol. The lowest BCUT2D eigenvalue weighted by Crippen LogP contribution is -2.33. The molecule has 1 saturated heterocycles. The van der Waals surface area contributed by atoms with Gasteiger partial charge in [-0.05, 0) is 37.1 Å². The van der Waals surface area contributed by atoms with E-state index in [9.17, 15) is 4.39 Å². The molecular formula is C17H20FN5O.